The van der Waals surface area contributed by atoms with Crippen LogP contribution in [0.25, 0.3) is 22.6 Å². The molecule has 2 aromatic carbocycles. The van der Waals surface area contributed by atoms with Gasteiger partial charge in [0.2, 0.25) is 11.8 Å². The lowest BCUT2D eigenvalue weighted by molar-refractivity contribution is -0.384. The van der Waals surface area contributed by atoms with Gasteiger partial charge in [-0.1, -0.05) is 23.9 Å². The fourth-order valence-electron chi connectivity index (χ4n) is 2.34. The van der Waals surface area contributed by atoms with E-state index in [1.165, 1.54) is 23.9 Å². The standard InChI is InChI=1S/C17H12N4O4S/c1-10(26-17-18-13-4-2-3-5-14(13)24-17)15-19-20-16(25-15)11-6-8-12(9-7-11)21(22)23/h2-10H,1H3/t10-/m1/s1. The first-order valence-electron chi connectivity index (χ1n) is 7.70. The van der Waals surface area contributed by atoms with E-state index in [0.29, 0.717) is 22.6 Å². The predicted octanol–water partition coefficient (Wildman–Crippen LogP) is 4.64. The number of nitrogens with zero attached hydrogens (tertiary/aromatic N) is 4. The van der Waals surface area contributed by atoms with Crippen molar-refractivity contribution >= 4 is 28.5 Å². The third kappa shape index (κ3) is 3.16. The van der Waals surface area contributed by atoms with Crippen LogP contribution in [0.2, 0.25) is 0 Å². The zero-order valence-electron chi connectivity index (χ0n) is 13.5. The molecule has 2 aromatic heterocycles. The molecule has 9 heteroatoms. The van der Waals surface area contributed by atoms with Crippen LogP contribution in [-0.2, 0) is 0 Å². The molecule has 2 heterocycles. The SMILES string of the molecule is C[C@@H](Sc1nc2ccccc2o1)c1nnc(-c2ccc([N+](=O)[O-])cc2)o1. The number of para-hydroxylation sites is 2. The van der Waals surface area contributed by atoms with E-state index in [2.05, 4.69) is 15.2 Å². The number of rotatable bonds is 5. The van der Waals surface area contributed by atoms with Gasteiger partial charge in [0.25, 0.3) is 10.9 Å². The second-order valence-corrected chi connectivity index (χ2v) is 6.75. The van der Waals surface area contributed by atoms with Gasteiger partial charge in [-0.3, -0.25) is 10.1 Å². The summed E-state index contributed by atoms with van der Waals surface area (Å²) in [6.45, 7) is 1.91. The van der Waals surface area contributed by atoms with Crippen molar-refractivity contribution in [1.29, 1.82) is 0 Å². The van der Waals surface area contributed by atoms with Gasteiger partial charge in [0, 0.05) is 17.7 Å². The van der Waals surface area contributed by atoms with Crippen LogP contribution in [-0.4, -0.2) is 20.1 Å². The van der Waals surface area contributed by atoms with Crippen molar-refractivity contribution in [1.82, 2.24) is 15.2 Å². The molecule has 26 heavy (non-hydrogen) atoms. The third-order valence-electron chi connectivity index (χ3n) is 3.67. The third-order valence-corrected chi connectivity index (χ3v) is 4.60. The summed E-state index contributed by atoms with van der Waals surface area (Å²) in [4.78, 5) is 14.7. The van der Waals surface area contributed by atoms with Gasteiger partial charge in [-0.15, -0.1) is 10.2 Å². The van der Waals surface area contributed by atoms with E-state index >= 15 is 0 Å². The summed E-state index contributed by atoms with van der Waals surface area (Å²) in [6.07, 6.45) is 0. The topological polar surface area (TPSA) is 108 Å². The van der Waals surface area contributed by atoms with Crippen LogP contribution in [0.1, 0.15) is 18.1 Å². The van der Waals surface area contributed by atoms with Crippen LogP contribution in [0.4, 0.5) is 5.69 Å². The van der Waals surface area contributed by atoms with Crippen molar-refractivity contribution in [2.75, 3.05) is 0 Å². The summed E-state index contributed by atoms with van der Waals surface area (Å²) >= 11 is 1.37. The van der Waals surface area contributed by atoms with E-state index in [1.54, 1.807) is 12.1 Å². The largest absolute Gasteiger partial charge is 0.431 e. The molecule has 0 aliphatic rings. The number of nitro groups is 1. The minimum atomic E-state index is -0.456. The number of nitro benzene ring substituents is 1. The molecule has 0 bridgehead atoms. The first-order chi connectivity index (χ1) is 12.6. The monoisotopic (exact) mass is 368 g/mol. The Morgan fingerprint density at radius 3 is 2.58 bits per heavy atom. The summed E-state index contributed by atoms with van der Waals surface area (Å²) in [5.41, 5.74) is 2.14. The lowest BCUT2D eigenvalue weighted by atomic mass is 10.2. The van der Waals surface area contributed by atoms with E-state index in [4.69, 9.17) is 8.83 Å². The lowest BCUT2D eigenvalue weighted by Crippen LogP contribution is -1.88. The molecule has 0 spiro atoms. The molecule has 4 rings (SSSR count). The van der Waals surface area contributed by atoms with Gasteiger partial charge in [-0.2, -0.15) is 0 Å². The second-order valence-electron chi connectivity index (χ2n) is 5.46. The Hall–Kier alpha value is -3.20. The van der Waals surface area contributed by atoms with E-state index < -0.39 is 4.92 Å². The first kappa shape index (κ1) is 16.3. The predicted molar refractivity (Wildman–Crippen MR) is 94.7 cm³/mol. The number of benzene rings is 2. The molecule has 0 radical (unpaired) electrons. The molecule has 0 saturated carbocycles. The Morgan fingerprint density at radius 2 is 1.85 bits per heavy atom. The number of aromatic nitrogens is 3. The van der Waals surface area contributed by atoms with Gasteiger partial charge in [0.1, 0.15) is 5.52 Å². The van der Waals surface area contributed by atoms with Crippen LogP contribution in [0.3, 0.4) is 0 Å². The van der Waals surface area contributed by atoms with Crippen molar-refractivity contribution in [3.63, 3.8) is 0 Å². The fraction of sp³-hybridized carbons (Fsp3) is 0.118. The number of non-ortho nitro benzene ring substituents is 1. The van der Waals surface area contributed by atoms with Crippen molar-refractivity contribution in [2.24, 2.45) is 0 Å². The van der Waals surface area contributed by atoms with Crippen LogP contribution in [0.15, 0.2) is 62.6 Å². The van der Waals surface area contributed by atoms with Crippen molar-refractivity contribution in [2.45, 2.75) is 17.4 Å². The van der Waals surface area contributed by atoms with E-state index in [-0.39, 0.29) is 10.9 Å². The Morgan fingerprint density at radius 1 is 1.08 bits per heavy atom. The Balaban J connectivity index is 1.52. The normalized spacial score (nSPS) is 12.3. The van der Waals surface area contributed by atoms with Crippen LogP contribution in [0.5, 0.6) is 0 Å². The number of oxazole rings is 1. The molecule has 4 aromatic rings. The van der Waals surface area contributed by atoms with Crippen molar-refractivity contribution < 1.29 is 13.8 Å². The molecule has 130 valence electrons. The Kier molecular flexibility index (Phi) is 4.13. The molecule has 0 aliphatic heterocycles. The smallest absolute Gasteiger partial charge is 0.269 e. The average molecular weight is 368 g/mol. The highest BCUT2D eigenvalue weighted by molar-refractivity contribution is 7.99. The molecule has 0 fully saturated rings. The summed E-state index contributed by atoms with van der Waals surface area (Å²) in [7, 11) is 0. The highest BCUT2D eigenvalue weighted by Gasteiger charge is 2.19. The minimum Gasteiger partial charge on any atom is -0.431 e. The lowest BCUT2D eigenvalue weighted by Gasteiger charge is -2.01. The summed E-state index contributed by atoms with van der Waals surface area (Å²) in [5, 5.41) is 19.1. The summed E-state index contributed by atoms with van der Waals surface area (Å²) < 4.78 is 11.4. The fourth-order valence-corrected chi connectivity index (χ4v) is 3.13. The summed E-state index contributed by atoms with van der Waals surface area (Å²) in [6, 6.07) is 13.5. The molecule has 1 atom stereocenters. The summed E-state index contributed by atoms with van der Waals surface area (Å²) in [5.74, 6) is 0.727. The molecule has 8 nitrogen and oxygen atoms in total. The number of hydrogen-bond donors (Lipinski definition) is 0. The molecule has 0 unspecified atom stereocenters. The van der Waals surface area contributed by atoms with Gasteiger partial charge in [0.05, 0.1) is 10.2 Å². The zero-order chi connectivity index (χ0) is 18.1. The highest BCUT2D eigenvalue weighted by Crippen LogP contribution is 2.36. The molecular weight excluding hydrogens is 356 g/mol. The first-order valence-corrected chi connectivity index (χ1v) is 8.58. The quantitative estimate of drug-likeness (QED) is 0.285. The minimum absolute atomic E-state index is 0.00775. The highest BCUT2D eigenvalue weighted by atomic mass is 32.2. The van der Waals surface area contributed by atoms with Crippen molar-refractivity contribution in [3.05, 3.63) is 64.5 Å². The number of thioether (sulfide) groups is 1. The molecule has 0 saturated heterocycles. The van der Waals surface area contributed by atoms with E-state index in [9.17, 15) is 10.1 Å². The van der Waals surface area contributed by atoms with Gasteiger partial charge >= 0.3 is 0 Å². The van der Waals surface area contributed by atoms with Gasteiger partial charge in [-0.25, -0.2) is 4.98 Å². The number of hydrogen-bond acceptors (Lipinski definition) is 8. The maximum Gasteiger partial charge on any atom is 0.269 e. The average Bonchev–Trinajstić information content (AvgIpc) is 3.28. The van der Waals surface area contributed by atoms with Gasteiger partial charge in [-0.05, 0) is 31.2 Å². The maximum absolute atomic E-state index is 10.7. The zero-order valence-corrected chi connectivity index (χ0v) is 14.3. The second kappa shape index (κ2) is 6.60. The molecule has 0 N–H and O–H groups in total. The van der Waals surface area contributed by atoms with Crippen LogP contribution in [0, 0.1) is 10.1 Å². The molecule has 0 amide bonds. The van der Waals surface area contributed by atoms with Gasteiger partial charge < -0.3 is 8.83 Å². The van der Waals surface area contributed by atoms with Crippen molar-refractivity contribution in [3.8, 4) is 11.5 Å². The van der Waals surface area contributed by atoms with E-state index in [0.717, 1.165) is 11.1 Å². The maximum atomic E-state index is 10.7. The molecular formula is C17H12N4O4S. The van der Waals surface area contributed by atoms with E-state index in [1.807, 2.05) is 31.2 Å². The van der Waals surface area contributed by atoms with Crippen LogP contribution < -0.4 is 0 Å². The Labute approximate surface area is 151 Å². The number of fused-ring (bicyclic) bond motifs is 1. The van der Waals surface area contributed by atoms with Crippen LogP contribution >= 0.6 is 11.8 Å². The molecule has 0 aliphatic carbocycles. The van der Waals surface area contributed by atoms with Gasteiger partial charge in [0.15, 0.2) is 5.58 Å². The Bertz CT molecular complexity index is 1040.